The summed E-state index contributed by atoms with van der Waals surface area (Å²) in [7, 11) is 0. The van der Waals surface area contributed by atoms with Crippen LogP contribution in [0.4, 0.5) is 11.8 Å². The average Bonchev–Trinajstić information content (AvgIpc) is 3.22. The fraction of sp³-hybridized carbons (Fsp3) is 0.500. The smallest absolute Gasteiger partial charge is 0.222 e. The standard InChI is InChI=1S/C20H27N5/c1-3-17-11-19(23-20(21)22-17)24-12-16-9-10-25(18(16)13-24)14(2)15-7-5-4-6-8-15/h4-8,11,14,16,18H,3,9-10,12-13H2,1-2H3,(H2,21,22,23)/t14?,16-,18+/m1/s1. The number of nitrogen functional groups attached to an aromatic ring is 1. The molecule has 0 saturated carbocycles. The summed E-state index contributed by atoms with van der Waals surface area (Å²) >= 11 is 0. The van der Waals surface area contributed by atoms with Crippen molar-refractivity contribution in [3.05, 3.63) is 47.7 Å². The average molecular weight is 337 g/mol. The molecule has 0 amide bonds. The maximum Gasteiger partial charge on any atom is 0.222 e. The minimum absolute atomic E-state index is 0.390. The molecule has 5 nitrogen and oxygen atoms in total. The first-order valence-corrected chi connectivity index (χ1v) is 9.34. The van der Waals surface area contributed by atoms with Crippen molar-refractivity contribution in [2.45, 2.75) is 38.8 Å². The Morgan fingerprint density at radius 2 is 2.00 bits per heavy atom. The first-order valence-electron chi connectivity index (χ1n) is 9.34. The molecule has 3 atom stereocenters. The van der Waals surface area contributed by atoms with E-state index in [0.29, 0.717) is 23.9 Å². The zero-order valence-electron chi connectivity index (χ0n) is 15.1. The Bertz CT molecular complexity index is 732. The maximum atomic E-state index is 5.91. The van der Waals surface area contributed by atoms with Crippen LogP contribution in [-0.4, -0.2) is 40.5 Å². The van der Waals surface area contributed by atoms with Crippen molar-refractivity contribution >= 4 is 11.8 Å². The third kappa shape index (κ3) is 3.09. The van der Waals surface area contributed by atoms with Crippen LogP contribution >= 0.6 is 0 Å². The minimum atomic E-state index is 0.390. The molecule has 2 aliphatic heterocycles. The Morgan fingerprint density at radius 1 is 1.20 bits per heavy atom. The zero-order chi connectivity index (χ0) is 17.4. The lowest BCUT2D eigenvalue weighted by atomic mass is 10.0. The number of anilines is 2. The molecule has 3 heterocycles. The maximum absolute atomic E-state index is 5.91. The van der Waals surface area contributed by atoms with Gasteiger partial charge in [0.15, 0.2) is 0 Å². The Hall–Kier alpha value is -2.14. The summed E-state index contributed by atoms with van der Waals surface area (Å²) in [5.74, 6) is 2.10. The molecule has 132 valence electrons. The highest BCUT2D eigenvalue weighted by Gasteiger charge is 2.43. The van der Waals surface area contributed by atoms with Gasteiger partial charge >= 0.3 is 0 Å². The van der Waals surface area contributed by atoms with Crippen molar-refractivity contribution in [3.63, 3.8) is 0 Å². The highest BCUT2D eigenvalue weighted by molar-refractivity contribution is 5.45. The Morgan fingerprint density at radius 3 is 2.76 bits per heavy atom. The Balaban J connectivity index is 1.52. The summed E-state index contributed by atoms with van der Waals surface area (Å²) in [4.78, 5) is 13.9. The van der Waals surface area contributed by atoms with E-state index >= 15 is 0 Å². The van der Waals surface area contributed by atoms with Gasteiger partial charge in [0, 0.05) is 36.9 Å². The lowest BCUT2D eigenvalue weighted by molar-refractivity contribution is 0.193. The molecule has 2 fully saturated rings. The molecule has 1 aromatic carbocycles. The van der Waals surface area contributed by atoms with Gasteiger partial charge in [0.2, 0.25) is 5.95 Å². The fourth-order valence-electron chi connectivity index (χ4n) is 4.43. The predicted octanol–water partition coefficient (Wildman–Crippen LogP) is 2.89. The van der Waals surface area contributed by atoms with Crippen LogP contribution in [0.2, 0.25) is 0 Å². The number of likely N-dealkylation sites (tertiary alicyclic amines) is 1. The van der Waals surface area contributed by atoms with Gasteiger partial charge in [-0.05, 0) is 37.8 Å². The first-order chi connectivity index (χ1) is 12.2. The molecule has 2 saturated heterocycles. The second kappa shape index (κ2) is 6.64. The Labute approximate surface area is 149 Å². The van der Waals surface area contributed by atoms with Crippen LogP contribution in [0.15, 0.2) is 36.4 Å². The molecule has 2 N–H and O–H groups in total. The van der Waals surface area contributed by atoms with E-state index in [-0.39, 0.29) is 0 Å². The summed E-state index contributed by atoms with van der Waals surface area (Å²) in [6.07, 6.45) is 2.15. The number of rotatable bonds is 4. The molecular formula is C20H27N5. The fourth-order valence-corrected chi connectivity index (χ4v) is 4.43. The molecule has 0 bridgehead atoms. The zero-order valence-corrected chi connectivity index (χ0v) is 15.1. The lowest BCUT2D eigenvalue weighted by Crippen LogP contribution is -2.37. The monoisotopic (exact) mass is 337 g/mol. The van der Waals surface area contributed by atoms with Crippen molar-refractivity contribution < 1.29 is 0 Å². The third-order valence-corrected chi connectivity index (χ3v) is 5.84. The number of nitrogens with two attached hydrogens (primary N) is 1. The molecule has 1 aromatic heterocycles. The van der Waals surface area contributed by atoms with Gasteiger partial charge in [0.05, 0.1) is 0 Å². The van der Waals surface area contributed by atoms with Crippen molar-refractivity contribution in [3.8, 4) is 0 Å². The van der Waals surface area contributed by atoms with Gasteiger partial charge in [-0.25, -0.2) is 4.98 Å². The van der Waals surface area contributed by atoms with Crippen LogP contribution in [0.1, 0.15) is 37.6 Å². The van der Waals surface area contributed by atoms with Crippen molar-refractivity contribution in [2.24, 2.45) is 5.92 Å². The number of benzene rings is 1. The summed E-state index contributed by atoms with van der Waals surface area (Å²) in [6.45, 7) is 7.72. The van der Waals surface area contributed by atoms with Crippen LogP contribution in [0.5, 0.6) is 0 Å². The minimum Gasteiger partial charge on any atom is -0.368 e. The number of hydrogen-bond acceptors (Lipinski definition) is 5. The van der Waals surface area contributed by atoms with E-state index in [2.05, 4.69) is 70.0 Å². The van der Waals surface area contributed by atoms with Gasteiger partial charge < -0.3 is 10.6 Å². The third-order valence-electron chi connectivity index (χ3n) is 5.84. The highest BCUT2D eigenvalue weighted by atomic mass is 15.3. The van der Waals surface area contributed by atoms with E-state index in [1.54, 1.807) is 0 Å². The van der Waals surface area contributed by atoms with Gasteiger partial charge in [0.25, 0.3) is 0 Å². The Kier molecular flexibility index (Phi) is 4.34. The molecule has 2 aliphatic rings. The summed E-state index contributed by atoms with van der Waals surface area (Å²) in [5.41, 5.74) is 8.34. The molecular weight excluding hydrogens is 310 g/mol. The number of aryl methyl sites for hydroxylation is 1. The van der Waals surface area contributed by atoms with Gasteiger partial charge in [-0.2, -0.15) is 4.98 Å². The van der Waals surface area contributed by atoms with Gasteiger partial charge in [-0.15, -0.1) is 0 Å². The van der Waals surface area contributed by atoms with Crippen LogP contribution in [0, 0.1) is 5.92 Å². The summed E-state index contributed by atoms with van der Waals surface area (Å²) < 4.78 is 0. The number of fused-ring (bicyclic) bond motifs is 1. The van der Waals surface area contributed by atoms with Crippen LogP contribution in [-0.2, 0) is 6.42 Å². The van der Waals surface area contributed by atoms with Gasteiger partial charge in [0.1, 0.15) is 5.82 Å². The first kappa shape index (κ1) is 16.3. The molecule has 5 heteroatoms. The molecule has 2 aromatic rings. The summed E-state index contributed by atoms with van der Waals surface area (Å²) in [5, 5.41) is 0. The van der Waals surface area contributed by atoms with E-state index in [1.807, 2.05) is 0 Å². The van der Waals surface area contributed by atoms with E-state index in [9.17, 15) is 0 Å². The van der Waals surface area contributed by atoms with Crippen molar-refractivity contribution in [1.82, 2.24) is 14.9 Å². The predicted molar refractivity (Wildman–Crippen MR) is 101 cm³/mol. The quantitative estimate of drug-likeness (QED) is 0.930. The molecule has 0 spiro atoms. The van der Waals surface area contributed by atoms with Crippen LogP contribution < -0.4 is 10.6 Å². The van der Waals surface area contributed by atoms with Crippen LogP contribution in [0.3, 0.4) is 0 Å². The van der Waals surface area contributed by atoms with E-state index in [4.69, 9.17) is 5.73 Å². The molecule has 0 aliphatic carbocycles. The second-order valence-corrected chi connectivity index (χ2v) is 7.27. The molecule has 1 unspecified atom stereocenters. The van der Waals surface area contributed by atoms with Crippen molar-refractivity contribution in [2.75, 3.05) is 30.3 Å². The van der Waals surface area contributed by atoms with Crippen LogP contribution in [0.25, 0.3) is 0 Å². The van der Waals surface area contributed by atoms with Gasteiger partial charge in [-0.1, -0.05) is 37.3 Å². The molecule has 25 heavy (non-hydrogen) atoms. The highest BCUT2D eigenvalue weighted by Crippen LogP contribution is 2.38. The van der Waals surface area contributed by atoms with Crippen molar-refractivity contribution in [1.29, 1.82) is 0 Å². The second-order valence-electron chi connectivity index (χ2n) is 7.27. The van der Waals surface area contributed by atoms with E-state index in [1.165, 1.54) is 18.5 Å². The topological polar surface area (TPSA) is 58.3 Å². The van der Waals surface area contributed by atoms with E-state index < -0.39 is 0 Å². The van der Waals surface area contributed by atoms with Gasteiger partial charge in [-0.3, -0.25) is 4.90 Å². The SMILES string of the molecule is CCc1cc(N2C[C@H]3CCN(C(C)c4ccccc4)[C@H]3C2)nc(N)n1. The largest absolute Gasteiger partial charge is 0.368 e. The summed E-state index contributed by atoms with van der Waals surface area (Å²) in [6, 6.07) is 14.0. The normalized spacial score (nSPS) is 24.5. The number of hydrogen-bond donors (Lipinski definition) is 1. The number of aromatic nitrogens is 2. The molecule has 4 rings (SSSR count). The lowest BCUT2D eigenvalue weighted by Gasteiger charge is -2.31. The number of nitrogens with zero attached hydrogens (tertiary/aromatic N) is 4. The molecule has 0 radical (unpaired) electrons. The van der Waals surface area contributed by atoms with E-state index in [0.717, 1.165) is 31.0 Å².